The standard InChI is InChI=1S/C25H27NO2S/c1-5-19(14(2)3)16-6-8-17(9-7-16)21-18(13-27)12-15(4)23-22(21)20-10-11-29-24(20)25(28)26-23/h6-12,14,19,27H,5,13H2,1-4H3,(H,26,28). The van der Waals surface area contributed by atoms with Crippen LogP contribution in [0.2, 0.25) is 0 Å². The van der Waals surface area contributed by atoms with Crippen LogP contribution >= 0.6 is 11.3 Å². The van der Waals surface area contributed by atoms with E-state index in [-0.39, 0.29) is 12.2 Å². The molecule has 3 nitrogen and oxygen atoms in total. The minimum Gasteiger partial charge on any atom is -0.392 e. The smallest absolute Gasteiger partial charge is 0.266 e. The zero-order valence-corrected chi connectivity index (χ0v) is 18.2. The van der Waals surface area contributed by atoms with E-state index in [1.807, 2.05) is 24.4 Å². The summed E-state index contributed by atoms with van der Waals surface area (Å²) in [5.74, 6) is 1.13. The summed E-state index contributed by atoms with van der Waals surface area (Å²) < 4.78 is 0.732. The average Bonchev–Trinajstić information content (AvgIpc) is 3.20. The van der Waals surface area contributed by atoms with Crippen molar-refractivity contribution >= 4 is 32.3 Å². The molecule has 0 bridgehead atoms. The number of nitrogens with one attached hydrogen (secondary N) is 1. The van der Waals surface area contributed by atoms with E-state index in [4.69, 9.17) is 0 Å². The van der Waals surface area contributed by atoms with Gasteiger partial charge in [0, 0.05) is 10.8 Å². The predicted molar refractivity (Wildman–Crippen MR) is 124 cm³/mol. The normalized spacial score (nSPS) is 12.9. The van der Waals surface area contributed by atoms with Crippen molar-refractivity contribution in [2.24, 2.45) is 5.92 Å². The molecule has 4 heteroatoms. The highest BCUT2D eigenvalue weighted by molar-refractivity contribution is 7.17. The highest BCUT2D eigenvalue weighted by Gasteiger charge is 2.18. The molecular weight excluding hydrogens is 378 g/mol. The number of aliphatic hydroxyl groups is 1. The van der Waals surface area contributed by atoms with Crippen molar-refractivity contribution in [2.45, 2.75) is 46.6 Å². The first-order valence-electron chi connectivity index (χ1n) is 10.2. The highest BCUT2D eigenvalue weighted by Crippen LogP contribution is 2.39. The molecule has 29 heavy (non-hydrogen) atoms. The van der Waals surface area contributed by atoms with Crippen molar-refractivity contribution in [3.63, 3.8) is 0 Å². The van der Waals surface area contributed by atoms with Gasteiger partial charge in [-0.3, -0.25) is 4.79 Å². The Labute approximate surface area is 175 Å². The van der Waals surface area contributed by atoms with Gasteiger partial charge in [-0.05, 0) is 64.4 Å². The van der Waals surface area contributed by atoms with Gasteiger partial charge in [-0.1, -0.05) is 51.1 Å². The topological polar surface area (TPSA) is 53.1 Å². The molecule has 0 saturated carbocycles. The van der Waals surface area contributed by atoms with Crippen molar-refractivity contribution < 1.29 is 5.11 Å². The Morgan fingerprint density at radius 1 is 1.14 bits per heavy atom. The first-order valence-corrected chi connectivity index (χ1v) is 11.1. The summed E-state index contributed by atoms with van der Waals surface area (Å²) in [6, 6.07) is 12.8. The fourth-order valence-electron chi connectivity index (χ4n) is 4.61. The van der Waals surface area contributed by atoms with Crippen molar-refractivity contribution in [1.29, 1.82) is 0 Å². The lowest BCUT2D eigenvalue weighted by Crippen LogP contribution is -2.07. The number of rotatable bonds is 5. The van der Waals surface area contributed by atoms with Crippen LogP contribution in [0.25, 0.3) is 32.1 Å². The maximum atomic E-state index is 12.5. The summed E-state index contributed by atoms with van der Waals surface area (Å²) in [7, 11) is 0. The van der Waals surface area contributed by atoms with Crippen LogP contribution in [0.4, 0.5) is 0 Å². The molecular formula is C25H27NO2S. The number of aromatic amines is 1. The largest absolute Gasteiger partial charge is 0.392 e. The van der Waals surface area contributed by atoms with Crippen LogP contribution in [0.3, 0.4) is 0 Å². The molecule has 1 unspecified atom stereocenters. The van der Waals surface area contributed by atoms with E-state index in [1.165, 1.54) is 16.9 Å². The Morgan fingerprint density at radius 3 is 2.48 bits per heavy atom. The highest BCUT2D eigenvalue weighted by atomic mass is 32.1. The number of benzene rings is 2. The number of aliphatic hydroxyl groups excluding tert-OH is 1. The first kappa shape index (κ1) is 19.9. The van der Waals surface area contributed by atoms with Crippen LogP contribution < -0.4 is 5.56 Å². The van der Waals surface area contributed by atoms with Crippen LogP contribution in [0.5, 0.6) is 0 Å². The summed E-state index contributed by atoms with van der Waals surface area (Å²) in [5, 5.41) is 14.1. The molecule has 0 amide bonds. The van der Waals surface area contributed by atoms with E-state index in [0.717, 1.165) is 49.7 Å². The fourth-order valence-corrected chi connectivity index (χ4v) is 5.41. The first-order chi connectivity index (χ1) is 14.0. The second-order valence-corrected chi connectivity index (χ2v) is 9.05. The van der Waals surface area contributed by atoms with Gasteiger partial charge in [-0.25, -0.2) is 0 Å². The zero-order chi connectivity index (χ0) is 20.7. The lowest BCUT2D eigenvalue weighted by atomic mass is 9.85. The molecule has 0 aliphatic rings. The van der Waals surface area contributed by atoms with Gasteiger partial charge in [0.25, 0.3) is 5.56 Å². The van der Waals surface area contributed by atoms with Gasteiger partial charge in [-0.15, -0.1) is 11.3 Å². The number of hydrogen-bond acceptors (Lipinski definition) is 3. The molecule has 2 N–H and O–H groups in total. The summed E-state index contributed by atoms with van der Waals surface area (Å²) in [6.07, 6.45) is 1.11. The molecule has 2 aromatic heterocycles. The third-order valence-corrected chi connectivity index (χ3v) is 6.94. The van der Waals surface area contributed by atoms with E-state index in [2.05, 4.69) is 50.0 Å². The average molecular weight is 406 g/mol. The molecule has 2 heterocycles. The lowest BCUT2D eigenvalue weighted by molar-refractivity contribution is 0.282. The Bertz CT molecular complexity index is 1230. The van der Waals surface area contributed by atoms with Crippen LogP contribution in [0.1, 0.15) is 49.8 Å². The molecule has 0 spiro atoms. The van der Waals surface area contributed by atoms with Gasteiger partial charge in [0.2, 0.25) is 0 Å². The molecule has 4 aromatic rings. The summed E-state index contributed by atoms with van der Waals surface area (Å²) in [6.45, 7) is 8.71. The van der Waals surface area contributed by atoms with Crippen LogP contribution in [-0.2, 0) is 6.61 Å². The molecule has 1 atom stereocenters. The Kier molecular flexibility index (Phi) is 5.32. The van der Waals surface area contributed by atoms with E-state index >= 15 is 0 Å². The summed E-state index contributed by atoms with van der Waals surface area (Å²) in [4.78, 5) is 15.6. The summed E-state index contributed by atoms with van der Waals surface area (Å²) >= 11 is 1.46. The number of pyridine rings is 1. The number of hydrogen-bond donors (Lipinski definition) is 2. The van der Waals surface area contributed by atoms with Gasteiger partial charge in [0.05, 0.1) is 12.1 Å². The van der Waals surface area contributed by atoms with Crippen molar-refractivity contribution in [2.75, 3.05) is 0 Å². The van der Waals surface area contributed by atoms with E-state index < -0.39 is 0 Å². The van der Waals surface area contributed by atoms with Gasteiger partial charge < -0.3 is 10.1 Å². The fraction of sp³-hybridized carbons (Fsp3) is 0.320. The number of aryl methyl sites for hydroxylation is 1. The SMILES string of the molecule is CCC(c1ccc(-c2c(CO)cc(C)c3[nH]c(=O)c4sccc4c23)cc1)C(C)C. The van der Waals surface area contributed by atoms with Gasteiger partial charge in [0.15, 0.2) is 0 Å². The lowest BCUT2D eigenvalue weighted by Gasteiger charge is -2.20. The summed E-state index contributed by atoms with van der Waals surface area (Å²) in [5.41, 5.74) is 6.09. The number of H-pyrrole nitrogens is 1. The van der Waals surface area contributed by atoms with E-state index in [9.17, 15) is 9.90 Å². The number of thiophene rings is 1. The Morgan fingerprint density at radius 2 is 1.86 bits per heavy atom. The maximum absolute atomic E-state index is 12.5. The molecule has 4 rings (SSSR count). The molecule has 0 aliphatic carbocycles. The zero-order valence-electron chi connectivity index (χ0n) is 17.4. The second-order valence-electron chi connectivity index (χ2n) is 8.13. The van der Waals surface area contributed by atoms with Gasteiger partial charge in [-0.2, -0.15) is 0 Å². The maximum Gasteiger partial charge on any atom is 0.266 e. The Hall–Kier alpha value is -2.43. The Balaban J connectivity index is 2.01. The van der Waals surface area contributed by atoms with Gasteiger partial charge in [0.1, 0.15) is 4.70 Å². The predicted octanol–water partition coefficient (Wildman–Crippen LogP) is 6.36. The van der Waals surface area contributed by atoms with Crippen LogP contribution in [0.15, 0.2) is 46.6 Å². The van der Waals surface area contributed by atoms with E-state index in [0.29, 0.717) is 11.8 Å². The minimum absolute atomic E-state index is 0.0395. The van der Waals surface area contributed by atoms with Crippen LogP contribution in [-0.4, -0.2) is 10.1 Å². The molecule has 150 valence electrons. The molecule has 0 fully saturated rings. The second kappa shape index (κ2) is 7.77. The van der Waals surface area contributed by atoms with Crippen molar-refractivity contribution in [3.05, 3.63) is 68.8 Å². The molecule has 0 radical (unpaired) electrons. The van der Waals surface area contributed by atoms with E-state index in [1.54, 1.807) is 0 Å². The molecule has 2 aromatic carbocycles. The number of aromatic nitrogens is 1. The van der Waals surface area contributed by atoms with Crippen LogP contribution in [0, 0.1) is 12.8 Å². The molecule has 0 aliphatic heterocycles. The van der Waals surface area contributed by atoms with Crippen molar-refractivity contribution in [3.8, 4) is 11.1 Å². The third-order valence-electron chi connectivity index (χ3n) is 6.03. The number of fused-ring (bicyclic) bond motifs is 3. The quantitative estimate of drug-likeness (QED) is 0.406. The van der Waals surface area contributed by atoms with Gasteiger partial charge >= 0.3 is 0 Å². The third kappa shape index (κ3) is 3.30. The monoisotopic (exact) mass is 405 g/mol. The minimum atomic E-state index is -0.0497. The van der Waals surface area contributed by atoms with Crippen molar-refractivity contribution in [1.82, 2.24) is 4.98 Å². The molecule has 0 saturated heterocycles.